The Bertz CT molecular complexity index is 353. The highest BCUT2D eigenvalue weighted by Gasteiger charge is 2.17. The summed E-state index contributed by atoms with van der Waals surface area (Å²) in [5, 5.41) is 13.0. The fourth-order valence-corrected chi connectivity index (χ4v) is 1.83. The summed E-state index contributed by atoms with van der Waals surface area (Å²) in [6, 6.07) is 0. The zero-order valence-corrected chi connectivity index (χ0v) is 9.03. The third kappa shape index (κ3) is 1.95. The molecule has 1 aromatic heterocycles. The van der Waals surface area contributed by atoms with Crippen molar-refractivity contribution in [2.24, 2.45) is 7.05 Å². The van der Waals surface area contributed by atoms with Gasteiger partial charge in [-0.3, -0.25) is 9.48 Å². The van der Waals surface area contributed by atoms with Crippen LogP contribution in [0.15, 0.2) is 0 Å². The third-order valence-electron chi connectivity index (χ3n) is 2.29. The van der Waals surface area contributed by atoms with Crippen molar-refractivity contribution < 1.29 is 9.90 Å². The molecule has 0 aliphatic carbocycles. The van der Waals surface area contributed by atoms with Gasteiger partial charge in [0.25, 0.3) is 0 Å². The minimum atomic E-state index is -0.810. The Labute approximate surface area is 83.5 Å². The summed E-state index contributed by atoms with van der Waals surface area (Å²) in [6.45, 7) is 6.02. The van der Waals surface area contributed by atoms with E-state index in [4.69, 9.17) is 5.11 Å². The van der Waals surface area contributed by atoms with Gasteiger partial charge in [0.1, 0.15) is 0 Å². The average molecular weight is 196 g/mol. The predicted molar refractivity (Wildman–Crippen MR) is 53.4 cm³/mol. The molecular weight excluding hydrogens is 180 g/mol. The number of rotatable bonds is 3. The van der Waals surface area contributed by atoms with Crippen molar-refractivity contribution in [2.45, 2.75) is 33.1 Å². The van der Waals surface area contributed by atoms with Crippen molar-refractivity contribution in [3.8, 4) is 0 Å². The fraction of sp³-hybridized carbons (Fsp3) is 0.600. The lowest BCUT2D eigenvalue weighted by molar-refractivity contribution is -0.136. The van der Waals surface area contributed by atoms with Crippen molar-refractivity contribution >= 4 is 5.97 Å². The van der Waals surface area contributed by atoms with Crippen LogP contribution in [0, 0.1) is 6.92 Å². The lowest BCUT2D eigenvalue weighted by atomic mass is 9.99. The van der Waals surface area contributed by atoms with Crippen LogP contribution in [-0.2, 0) is 18.3 Å². The van der Waals surface area contributed by atoms with Crippen molar-refractivity contribution in [1.82, 2.24) is 9.78 Å². The number of hydrogen-bond acceptors (Lipinski definition) is 2. The van der Waals surface area contributed by atoms with Crippen LogP contribution in [0.2, 0.25) is 0 Å². The van der Waals surface area contributed by atoms with E-state index in [1.807, 2.05) is 6.92 Å². The summed E-state index contributed by atoms with van der Waals surface area (Å²) < 4.78 is 1.67. The molecule has 0 fully saturated rings. The quantitative estimate of drug-likeness (QED) is 0.796. The lowest BCUT2D eigenvalue weighted by Crippen LogP contribution is -2.08. The SMILES string of the molecule is Cc1nn(C)c(CC(=O)O)c1C(C)C. The highest BCUT2D eigenvalue weighted by atomic mass is 16.4. The van der Waals surface area contributed by atoms with Gasteiger partial charge < -0.3 is 5.11 Å². The maximum absolute atomic E-state index is 10.7. The summed E-state index contributed by atoms with van der Waals surface area (Å²) in [5.41, 5.74) is 2.80. The minimum Gasteiger partial charge on any atom is -0.481 e. The molecule has 0 radical (unpaired) electrons. The molecule has 0 unspecified atom stereocenters. The number of carboxylic acids is 1. The highest BCUT2D eigenvalue weighted by Crippen LogP contribution is 2.22. The zero-order valence-electron chi connectivity index (χ0n) is 9.03. The molecule has 0 amide bonds. The van der Waals surface area contributed by atoms with E-state index in [2.05, 4.69) is 18.9 Å². The van der Waals surface area contributed by atoms with Gasteiger partial charge in [-0.15, -0.1) is 0 Å². The Morgan fingerprint density at radius 2 is 2.14 bits per heavy atom. The molecule has 4 nitrogen and oxygen atoms in total. The maximum atomic E-state index is 10.7. The lowest BCUT2D eigenvalue weighted by Gasteiger charge is -2.07. The highest BCUT2D eigenvalue weighted by molar-refractivity contribution is 5.70. The first-order valence-electron chi connectivity index (χ1n) is 4.67. The molecule has 78 valence electrons. The Balaban J connectivity index is 3.18. The summed E-state index contributed by atoms with van der Waals surface area (Å²) >= 11 is 0. The standard InChI is InChI=1S/C10H16N2O2/c1-6(2)10-7(3)11-12(4)8(10)5-9(13)14/h6H,5H2,1-4H3,(H,13,14). The number of aromatic nitrogens is 2. The molecule has 0 saturated heterocycles. The summed E-state index contributed by atoms with van der Waals surface area (Å²) in [5.74, 6) is -0.493. The zero-order chi connectivity index (χ0) is 10.9. The number of nitrogens with zero attached hydrogens (tertiary/aromatic N) is 2. The van der Waals surface area contributed by atoms with Gasteiger partial charge in [-0.1, -0.05) is 13.8 Å². The van der Waals surface area contributed by atoms with Crippen molar-refractivity contribution in [1.29, 1.82) is 0 Å². The van der Waals surface area contributed by atoms with Crippen LogP contribution in [0.4, 0.5) is 0 Å². The molecule has 1 aromatic rings. The van der Waals surface area contributed by atoms with E-state index in [1.54, 1.807) is 11.7 Å². The summed E-state index contributed by atoms with van der Waals surface area (Å²) in [4.78, 5) is 10.7. The van der Waals surface area contributed by atoms with Crippen molar-refractivity contribution in [2.75, 3.05) is 0 Å². The number of hydrogen-bond donors (Lipinski definition) is 1. The van der Waals surface area contributed by atoms with Gasteiger partial charge in [-0.25, -0.2) is 0 Å². The van der Waals surface area contributed by atoms with Gasteiger partial charge in [0.2, 0.25) is 0 Å². The van der Waals surface area contributed by atoms with Gasteiger partial charge in [0.05, 0.1) is 17.8 Å². The van der Waals surface area contributed by atoms with Gasteiger partial charge in [0.15, 0.2) is 0 Å². The molecule has 1 rings (SSSR count). The minimum absolute atomic E-state index is 0.0465. The first-order valence-corrected chi connectivity index (χ1v) is 4.67. The van der Waals surface area contributed by atoms with Gasteiger partial charge >= 0.3 is 5.97 Å². The average Bonchev–Trinajstić information content (AvgIpc) is 2.25. The second-order valence-electron chi connectivity index (χ2n) is 3.79. The van der Waals surface area contributed by atoms with E-state index < -0.39 is 5.97 Å². The van der Waals surface area contributed by atoms with Crippen LogP contribution < -0.4 is 0 Å². The number of carbonyl (C=O) groups is 1. The van der Waals surface area contributed by atoms with Gasteiger partial charge in [0, 0.05) is 7.05 Å². The number of aryl methyl sites for hydroxylation is 2. The van der Waals surface area contributed by atoms with Gasteiger partial charge in [-0.2, -0.15) is 5.10 Å². The predicted octanol–water partition coefficient (Wildman–Crippen LogP) is 1.48. The molecule has 1 heterocycles. The van der Waals surface area contributed by atoms with Crippen LogP contribution in [-0.4, -0.2) is 20.9 Å². The smallest absolute Gasteiger partial charge is 0.309 e. The van der Waals surface area contributed by atoms with E-state index in [9.17, 15) is 4.79 Å². The van der Waals surface area contributed by atoms with Crippen LogP contribution in [0.25, 0.3) is 0 Å². The van der Waals surface area contributed by atoms with Crippen LogP contribution in [0.5, 0.6) is 0 Å². The molecule has 0 spiro atoms. The number of aliphatic carboxylic acids is 1. The van der Waals surface area contributed by atoms with E-state index in [0.717, 1.165) is 17.0 Å². The molecule has 1 N–H and O–H groups in total. The first-order chi connectivity index (χ1) is 6.43. The maximum Gasteiger partial charge on any atom is 0.309 e. The largest absolute Gasteiger partial charge is 0.481 e. The van der Waals surface area contributed by atoms with Crippen molar-refractivity contribution in [3.05, 3.63) is 17.0 Å². The first kappa shape index (κ1) is 10.8. The molecular formula is C10H16N2O2. The number of carboxylic acid groups (broad SMARTS) is 1. The molecule has 0 aromatic carbocycles. The molecule has 0 bridgehead atoms. The Kier molecular flexibility index (Phi) is 2.93. The molecule has 0 aliphatic rings. The molecule has 4 heteroatoms. The summed E-state index contributed by atoms with van der Waals surface area (Å²) in [6.07, 6.45) is 0.0465. The van der Waals surface area contributed by atoms with Gasteiger partial charge in [-0.05, 0) is 18.4 Å². The Morgan fingerprint density at radius 1 is 1.57 bits per heavy atom. The molecule has 14 heavy (non-hydrogen) atoms. The van der Waals surface area contributed by atoms with E-state index in [-0.39, 0.29) is 6.42 Å². The van der Waals surface area contributed by atoms with Crippen LogP contribution >= 0.6 is 0 Å². The van der Waals surface area contributed by atoms with Crippen molar-refractivity contribution in [3.63, 3.8) is 0 Å². The monoisotopic (exact) mass is 196 g/mol. The van der Waals surface area contributed by atoms with Crippen LogP contribution in [0.3, 0.4) is 0 Å². The molecule has 0 aliphatic heterocycles. The van der Waals surface area contributed by atoms with E-state index in [0.29, 0.717) is 5.92 Å². The normalized spacial score (nSPS) is 10.9. The van der Waals surface area contributed by atoms with E-state index in [1.165, 1.54) is 0 Å². The Hall–Kier alpha value is -1.32. The fourth-order valence-electron chi connectivity index (χ4n) is 1.83. The summed E-state index contributed by atoms with van der Waals surface area (Å²) in [7, 11) is 1.79. The topological polar surface area (TPSA) is 55.1 Å². The second-order valence-corrected chi connectivity index (χ2v) is 3.79. The van der Waals surface area contributed by atoms with Crippen LogP contribution in [0.1, 0.15) is 36.7 Å². The Morgan fingerprint density at radius 3 is 2.57 bits per heavy atom. The third-order valence-corrected chi connectivity index (χ3v) is 2.29. The van der Waals surface area contributed by atoms with E-state index >= 15 is 0 Å². The molecule has 0 atom stereocenters. The molecule has 0 saturated carbocycles. The second kappa shape index (κ2) is 3.82.